The third kappa shape index (κ3) is 4.02. The highest BCUT2D eigenvalue weighted by Gasteiger charge is 2.39. The molecule has 0 spiro atoms. The van der Waals surface area contributed by atoms with Gasteiger partial charge >= 0.3 is 5.97 Å². The summed E-state index contributed by atoms with van der Waals surface area (Å²) in [5, 5.41) is 0. The lowest BCUT2D eigenvalue weighted by molar-refractivity contribution is -0.151. The van der Waals surface area contributed by atoms with Gasteiger partial charge in [-0.15, -0.1) is 0 Å². The van der Waals surface area contributed by atoms with Crippen LogP contribution in [-0.4, -0.2) is 24.5 Å². The lowest BCUT2D eigenvalue weighted by atomic mass is 9.84. The topological polar surface area (TPSA) is 44.8 Å². The van der Waals surface area contributed by atoms with Crippen LogP contribution in [0, 0.1) is 0 Å². The Morgan fingerprint density at radius 1 is 1.18 bits per heavy atom. The summed E-state index contributed by atoms with van der Waals surface area (Å²) >= 11 is 3.58. The maximum absolute atomic E-state index is 12.0. The SMILES string of the molecule is CC(=O)OC1c2cc(Br)ccc2Cc2ccccc2C1CC1COC(C)(C)O1. The highest BCUT2D eigenvalue weighted by Crippen LogP contribution is 2.45. The van der Waals surface area contributed by atoms with Crippen LogP contribution in [0.1, 0.15) is 61.5 Å². The largest absolute Gasteiger partial charge is 0.457 e. The van der Waals surface area contributed by atoms with Crippen LogP contribution in [0.5, 0.6) is 0 Å². The molecule has 0 aromatic heterocycles. The first-order valence-corrected chi connectivity index (χ1v) is 10.5. The van der Waals surface area contributed by atoms with Crippen molar-refractivity contribution in [3.8, 4) is 0 Å². The molecule has 28 heavy (non-hydrogen) atoms. The second-order valence-corrected chi connectivity index (χ2v) is 8.96. The van der Waals surface area contributed by atoms with Gasteiger partial charge < -0.3 is 14.2 Å². The van der Waals surface area contributed by atoms with Crippen molar-refractivity contribution in [3.05, 3.63) is 69.2 Å². The quantitative estimate of drug-likeness (QED) is 0.603. The lowest BCUT2D eigenvalue weighted by Gasteiger charge is -2.29. The van der Waals surface area contributed by atoms with Gasteiger partial charge in [0.05, 0.1) is 12.7 Å². The van der Waals surface area contributed by atoms with Crippen molar-refractivity contribution in [2.45, 2.75) is 57.5 Å². The summed E-state index contributed by atoms with van der Waals surface area (Å²) in [7, 11) is 0. The smallest absolute Gasteiger partial charge is 0.303 e. The summed E-state index contributed by atoms with van der Waals surface area (Å²) in [4.78, 5) is 12.0. The predicted molar refractivity (Wildman–Crippen MR) is 110 cm³/mol. The van der Waals surface area contributed by atoms with Crippen molar-refractivity contribution in [2.24, 2.45) is 0 Å². The number of ether oxygens (including phenoxy) is 3. The highest BCUT2D eigenvalue weighted by molar-refractivity contribution is 9.10. The molecule has 4 nitrogen and oxygen atoms in total. The first kappa shape index (κ1) is 19.6. The fraction of sp³-hybridized carbons (Fsp3) is 0.435. The standard InChI is InChI=1S/C23H25BrO4/c1-14(25)27-22-20-11-17(24)9-8-16(20)10-15-6-4-5-7-19(15)21(22)12-18-13-26-23(2,3)28-18/h4-9,11,18,21-22H,10,12-13H2,1-3H3. The number of rotatable bonds is 3. The minimum atomic E-state index is -0.577. The zero-order valence-corrected chi connectivity index (χ0v) is 18.0. The predicted octanol–water partition coefficient (Wildman–Crippen LogP) is 5.28. The molecule has 0 radical (unpaired) electrons. The maximum atomic E-state index is 12.0. The molecule has 1 aliphatic carbocycles. The van der Waals surface area contributed by atoms with Crippen LogP contribution in [0.2, 0.25) is 0 Å². The molecule has 3 unspecified atom stereocenters. The van der Waals surface area contributed by atoms with Crippen molar-refractivity contribution < 1.29 is 19.0 Å². The van der Waals surface area contributed by atoms with Crippen LogP contribution in [-0.2, 0) is 25.4 Å². The highest BCUT2D eigenvalue weighted by atomic mass is 79.9. The van der Waals surface area contributed by atoms with Crippen molar-refractivity contribution in [3.63, 3.8) is 0 Å². The number of esters is 1. The molecule has 1 heterocycles. The van der Waals surface area contributed by atoms with Crippen LogP contribution < -0.4 is 0 Å². The summed E-state index contributed by atoms with van der Waals surface area (Å²) < 4.78 is 18.8. The first-order valence-electron chi connectivity index (χ1n) is 9.67. The number of carbonyl (C=O) groups excluding carboxylic acids is 1. The Kier molecular flexibility index (Phi) is 5.34. The molecule has 4 rings (SSSR count). The van der Waals surface area contributed by atoms with Gasteiger partial charge in [-0.1, -0.05) is 46.3 Å². The second kappa shape index (κ2) is 7.62. The Morgan fingerprint density at radius 3 is 2.64 bits per heavy atom. The Labute approximate surface area is 174 Å². The molecule has 0 bridgehead atoms. The molecule has 2 aromatic carbocycles. The van der Waals surface area contributed by atoms with E-state index >= 15 is 0 Å². The fourth-order valence-corrected chi connectivity index (χ4v) is 4.75. The normalized spacial score (nSPS) is 25.5. The zero-order chi connectivity index (χ0) is 19.9. The Balaban J connectivity index is 1.80. The summed E-state index contributed by atoms with van der Waals surface area (Å²) in [6.07, 6.45) is 1.14. The minimum absolute atomic E-state index is 0.00171. The van der Waals surface area contributed by atoms with Crippen LogP contribution in [0.15, 0.2) is 46.9 Å². The molecule has 5 heteroatoms. The molecule has 0 N–H and O–H groups in total. The summed E-state index contributed by atoms with van der Waals surface area (Å²) in [5.41, 5.74) is 4.73. The van der Waals surface area contributed by atoms with Gasteiger partial charge in [0.2, 0.25) is 0 Å². The van der Waals surface area contributed by atoms with Gasteiger partial charge in [-0.25, -0.2) is 0 Å². The number of hydrogen-bond donors (Lipinski definition) is 0. The van der Waals surface area contributed by atoms with Crippen LogP contribution in [0.3, 0.4) is 0 Å². The molecule has 3 atom stereocenters. The average molecular weight is 445 g/mol. The van der Waals surface area contributed by atoms with Gasteiger partial charge in [0.1, 0.15) is 6.10 Å². The molecule has 2 aromatic rings. The van der Waals surface area contributed by atoms with Gasteiger partial charge in [0.15, 0.2) is 5.79 Å². The van der Waals surface area contributed by atoms with Crippen LogP contribution in [0.25, 0.3) is 0 Å². The lowest BCUT2D eigenvalue weighted by Crippen LogP contribution is -2.25. The molecular weight excluding hydrogens is 420 g/mol. The third-order valence-corrected chi connectivity index (χ3v) is 5.99. The first-order chi connectivity index (χ1) is 13.3. The van der Waals surface area contributed by atoms with E-state index in [-0.39, 0.29) is 24.1 Å². The van der Waals surface area contributed by atoms with E-state index in [4.69, 9.17) is 14.2 Å². The third-order valence-electron chi connectivity index (χ3n) is 5.49. The van der Waals surface area contributed by atoms with Crippen LogP contribution in [0.4, 0.5) is 0 Å². The molecule has 1 fully saturated rings. The molecule has 1 aliphatic heterocycles. The van der Waals surface area contributed by atoms with Crippen molar-refractivity contribution in [2.75, 3.05) is 6.61 Å². The number of benzene rings is 2. The van der Waals surface area contributed by atoms with E-state index in [2.05, 4.69) is 52.3 Å². The molecular formula is C23H25BrO4. The summed E-state index contributed by atoms with van der Waals surface area (Å²) in [6, 6.07) is 14.7. The van der Waals surface area contributed by atoms with Gasteiger partial charge in [0, 0.05) is 17.3 Å². The molecule has 148 valence electrons. The Morgan fingerprint density at radius 2 is 1.93 bits per heavy atom. The number of carbonyl (C=O) groups is 1. The molecule has 0 amide bonds. The summed E-state index contributed by atoms with van der Waals surface area (Å²) in [5.74, 6) is -0.852. The van der Waals surface area contributed by atoms with Gasteiger partial charge in [0.25, 0.3) is 0 Å². The van der Waals surface area contributed by atoms with Gasteiger partial charge in [-0.2, -0.15) is 0 Å². The van der Waals surface area contributed by atoms with Crippen molar-refractivity contribution in [1.29, 1.82) is 0 Å². The zero-order valence-electron chi connectivity index (χ0n) is 16.4. The van der Waals surface area contributed by atoms with Crippen molar-refractivity contribution in [1.82, 2.24) is 0 Å². The molecule has 0 saturated carbocycles. The molecule has 1 saturated heterocycles. The number of fused-ring (bicyclic) bond motifs is 2. The Bertz CT molecular complexity index is 892. The van der Waals surface area contributed by atoms with E-state index in [1.165, 1.54) is 23.6 Å². The molecule has 2 aliphatic rings. The number of hydrogen-bond acceptors (Lipinski definition) is 4. The maximum Gasteiger partial charge on any atom is 0.303 e. The average Bonchev–Trinajstić information content (AvgIpc) is 2.92. The minimum Gasteiger partial charge on any atom is -0.457 e. The Hall–Kier alpha value is -1.69. The second-order valence-electron chi connectivity index (χ2n) is 8.04. The number of halogens is 1. The monoisotopic (exact) mass is 444 g/mol. The fourth-order valence-electron chi connectivity index (χ4n) is 4.37. The van der Waals surface area contributed by atoms with Gasteiger partial charge in [-0.3, -0.25) is 4.79 Å². The van der Waals surface area contributed by atoms with E-state index in [9.17, 15) is 4.79 Å². The van der Waals surface area contributed by atoms with Crippen molar-refractivity contribution >= 4 is 21.9 Å². The van der Waals surface area contributed by atoms with E-state index in [0.29, 0.717) is 6.61 Å². The van der Waals surface area contributed by atoms with Crippen LogP contribution >= 0.6 is 15.9 Å². The van der Waals surface area contributed by atoms with E-state index < -0.39 is 5.79 Å². The summed E-state index contributed by atoms with van der Waals surface area (Å²) in [6.45, 7) is 5.89. The van der Waals surface area contributed by atoms with E-state index in [1.807, 2.05) is 19.9 Å². The van der Waals surface area contributed by atoms with Gasteiger partial charge in [-0.05, 0) is 61.1 Å². The van der Waals surface area contributed by atoms with E-state index in [0.717, 1.165) is 22.9 Å². The van der Waals surface area contributed by atoms with E-state index in [1.54, 1.807) is 0 Å².